The lowest BCUT2D eigenvalue weighted by Crippen LogP contribution is -2.40. The van der Waals surface area contributed by atoms with Gasteiger partial charge in [-0.05, 0) is 50.5 Å². The summed E-state index contributed by atoms with van der Waals surface area (Å²) in [7, 11) is 0. The number of aromatic nitrogens is 2. The van der Waals surface area contributed by atoms with E-state index in [1.807, 2.05) is 17.9 Å². The highest BCUT2D eigenvalue weighted by Crippen LogP contribution is 2.22. The number of anilines is 1. The van der Waals surface area contributed by atoms with Crippen molar-refractivity contribution in [1.82, 2.24) is 14.9 Å². The van der Waals surface area contributed by atoms with Gasteiger partial charge in [0.05, 0.1) is 0 Å². The largest absolute Gasteiger partial charge is 0.341 e. The molecule has 3 heterocycles. The van der Waals surface area contributed by atoms with Crippen LogP contribution < -0.4 is 4.90 Å². The summed E-state index contributed by atoms with van der Waals surface area (Å²) in [5.74, 6) is 2.14. The number of hydrogen-bond acceptors (Lipinski definition) is 4. The van der Waals surface area contributed by atoms with Gasteiger partial charge in [0, 0.05) is 31.9 Å². The zero-order chi connectivity index (χ0) is 16.4. The molecule has 126 valence electrons. The molecule has 1 amide bonds. The van der Waals surface area contributed by atoms with E-state index in [-0.39, 0.29) is 5.91 Å². The summed E-state index contributed by atoms with van der Waals surface area (Å²) in [6, 6.07) is 1.83. The van der Waals surface area contributed by atoms with Crippen molar-refractivity contribution in [3.8, 4) is 0 Å². The summed E-state index contributed by atoms with van der Waals surface area (Å²) in [6.07, 6.45) is 4.64. The van der Waals surface area contributed by atoms with Crippen LogP contribution in [-0.2, 0) is 0 Å². The average molecular weight is 316 g/mol. The molecule has 0 spiro atoms. The standard InChI is InChI=1S/C18H28N4O/c1-13-6-9-21(10-7-13)18-19-15(3)11-16(20-18)17(23)22-8-4-5-14(2)12-22/h11,13-14H,4-10,12H2,1-3H3. The Hall–Kier alpha value is -1.65. The summed E-state index contributed by atoms with van der Waals surface area (Å²) < 4.78 is 0. The Morgan fingerprint density at radius 1 is 1.09 bits per heavy atom. The highest BCUT2D eigenvalue weighted by molar-refractivity contribution is 5.92. The normalized spacial score (nSPS) is 23.2. The number of likely N-dealkylation sites (tertiary alicyclic amines) is 1. The zero-order valence-electron chi connectivity index (χ0n) is 14.6. The fourth-order valence-corrected chi connectivity index (χ4v) is 3.55. The Balaban J connectivity index is 1.78. The number of aryl methyl sites for hydroxylation is 1. The van der Waals surface area contributed by atoms with Crippen molar-refractivity contribution in [3.05, 3.63) is 17.5 Å². The van der Waals surface area contributed by atoms with Crippen molar-refractivity contribution in [2.45, 2.75) is 46.5 Å². The third-order valence-electron chi connectivity index (χ3n) is 5.07. The highest BCUT2D eigenvalue weighted by atomic mass is 16.2. The first kappa shape index (κ1) is 16.2. The van der Waals surface area contributed by atoms with Crippen molar-refractivity contribution in [2.24, 2.45) is 11.8 Å². The van der Waals surface area contributed by atoms with Gasteiger partial charge in [0.2, 0.25) is 5.95 Å². The molecule has 1 atom stereocenters. The Kier molecular flexibility index (Phi) is 4.83. The van der Waals surface area contributed by atoms with E-state index in [0.29, 0.717) is 11.6 Å². The lowest BCUT2D eigenvalue weighted by molar-refractivity contribution is 0.0677. The molecule has 3 rings (SSSR count). The van der Waals surface area contributed by atoms with E-state index < -0.39 is 0 Å². The second kappa shape index (κ2) is 6.85. The van der Waals surface area contributed by atoms with Crippen molar-refractivity contribution in [3.63, 3.8) is 0 Å². The molecule has 0 aromatic carbocycles. The van der Waals surface area contributed by atoms with Crippen molar-refractivity contribution in [2.75, 3.05) is 31.1 Å². The SMILES string of the molecule is Cc1cc(C(=O)N2CCCC(C)C2)nc(N2CCC(C)CC2)n1. The van der Waals surface area contributed by atoms with E-state index in [0.717, 1.165) is 50.2 Å². The predicted molar refractivity (Wildman–Crippen MR) is 91.7 cm³/mol. The van der Waals surface area contributed by atoms with Gasteiger partial charge in [-0.25, -0.2) is 9.97 Å². The van der Waals surface area contributed by atoms with Crippen LogP contribution in [0.15, 0.2) is 6.07 Å². The van der Waals surface area contributed by atoms with Gasteiger partial charge in [-0.1, -0.05) is 13.8 Å². The van der Waals surface area contributed by atoms with Crippen LogP contribution in [0, 0.1) is 18.8 Å². The summed E-state index contributed by atoms with van der Waals surface area (Å²) in [4.78, 5) is 26.2. The monoisotopic (exact) mass is 316 g/mol. The number of carbonyl (C=O) groups excluding carboxylic acids is 1. The molecule has 0 N–H and O–H groups in total. The minimum absolute atomic E-state index is 0.0636. The van der Waals surface area contributed by atoms with Crippen LogP contribution in [-0.4, -0.2) is 47.0 Å². The predicted octanol–water partition coefficient (Wildman–Crippen LogP) is 2.89. The molecule has 0 saturated carbocycles. The smallest absolute Gasteiger partial charge is 0.272 e. The van der Waals surface area contributed by atoms with Crippen LogP contribution in [0.5, 0.6) is 0 Å². The first-order chi connectivity index (χ1) is 11.0. The molecule has 2 fully saturated rings. The van der Waals surface area contributed by atoms with Gasteiger partial charge in [-0.3, -0.25) is 4.79 Å². The quantitative estimate of drug-likeness (QED) is 0.842. The van der Waals surface area contributed by atoms with E-state index in [9.17, 15) is 4.79 Å². The molecule has 5 heteroatoms. The molecule has 5 nitrogen and oxygen atoms in total. The minimum atomic E-state index is 0.0636. The molecule has 0 radical (unpaired) electrons. The fraction of sp³-hybridized carbons (Fsp3) is 0.722. The number of rotatable bonds is 2. The van der Waals surface area contributed by atoms with Gasteiger partial charge in [-0.2, -0.15) is 0 Å². The van der Waals surface area contributed by atoms with E-state index in [4.69, 9.17) is 0 Å². The molecule has 2 aliphatic heterocycles. The Morgan fingerprint density at radius 3 is 2.52 bits per heavy atom. The van der Waals surface area contributed by atoms with E-state index >= 15 is 0 Å². The van der Waals surface area contributed by atoms with Crippen LogP contribution >= 0.6 is 0 Å². The molecular weight excluding hydrogens is 288 g/mol. The Morgan fingerprint density at radius 2 is 1.83 bits per heavy atom. The number of hydrogen-bond donors (Lipinski definition) is 0. The lowest BCUT2D eigenvalue weighted by Gasteiger charge is -2.32. The van der Waals surface area contributed by atoms with Crippen LogP contribution in [0.1, 0.15) is 55.7 Å². The van der Waals surface area contributed by atoms with Gasteiger partial charge in [-0.15, -0.1) is 0 Å². The summed E-state index contributed by atoms with van der Waals surface area (Å²) in [5, 5.41) is 0. The van der Waals surface area contributed by atoms with E-state index in [1.165, 1.54) is 19.3 Å². The third kappa shape index (κ3) is 3.82. The highest BCUT2D eigenvalue weighted by Gasteiger charge is 2.25. The first-order valence-electron chi connectivity index (χ1n) is 8.93. The van der Waals surface area contributed by atoms with Crippen LogP contribution in [0.2, 0.25) is 0 Å². The van der Waals surface area contributed by atoms with Gasteiger partial charge < -0.3 is 9.80 Å². The molecule has 0 bridgehead atoms. The minimum Gasteiger partial charge on any atom is -0.341 e. The topological polar surface area (TPSA) is 49.3 Å². The summed E-state index contributed by atoms with van der Waals surface area (Å²) >= 11 is 0. The van der Waals surface area contributed by atoms with Crippen LogP contribution in [0.25, 0.3) is 0 Å². The van der Waals surface area contributed by atoms with Gasteiger partial charge in [0.1, 0.15) is 5.69 Å². The van der Waals surface area contributed by atoms with E-state index in [1.54, 1.807) is 0 Å². The van der Waals surface area contributed by atoms with Crippen molar-refractivity contribution in [1.29, 1.82) is 0 Å². The molecule has 1 unspecified atom stereocenters. The Bertz CT molecular complexity index is 566. The maximum absolute atomic E-state index is 12.8. The van der Waals surface area contributed by atoms with Crippen molar-refractivity contribution >= 4 is 11.9 Å². The lowest BCUT2D eigenvalue weighted by atomic mass is 9.99. The first-order valence-corrected chi connectivity index (χ1v) is 8.93. The average Bonchev–Trinajstić information content (AvgIpc) is 2.54. The molecule has 2 saturated heterocycles. The van der Waals surface area contributed by atoms with Gasteiger partial charge >= 0.3 is 0 Å². The van der Waals surface area contributed by atoms with Crippen molar-refractivity contribution < 1.29 is 4.79 Å². The molecule has 2 aliphatic rings. The third-order valence-corrected chi connectivity index (χ3v) is 5.07. The van der Waals surface area contributed by atoms with Crippen LogP contribution in [0.4, 0.5) is 5.95 Å². The number of piperidine rings is 2. The van der Waals surface area contributed by atoms with E-state index in [2.05, 4.69) is 28.7 Å². The number of carbonyl (C=O) groups is 1. The zero-order valence-corrected chi connectivity index (χ0v) is 14.6. The van der Waals surface area contributed by atoms with Gasteiger partial charge in [0.15, 0.2) is 0 Å². The van der Waals surface area contributed by atoms with Crippen LogP contribution in [0.3, 0.4) is 0 Å². The maximum Gasteiger partial charge on any atom is 0.272 e. The number of nitrogens with zero attached hydrogens (tertiary/aromatic N) is 4. The summed E-state index contributed by atoms with van der Waals surface area (Å²) in [6.45, 7) is 10.1. The molecule has 0 aliphatic carbocycles. The fourth-order valence-electron chi connectivity index (χ4n) is 3.55. The second-order valence-corrected chi connectivity index (χ2v) is 7.36. The summed E-state index contributed by atoms with van der Waals surface area (Å²) in [5.41, 5.74) is 1.43. The number of amides is 1. The maximum atomic E-state index is 12.8. The second-order valence-electron chi connectivity index (χ2n) is 7.36. The molecule has 23 heavy (non-hydrogen) atoms. The molecule has 1 aromatic heterocycles. The Labute approximate surface area is 139 Å². The van der Waals surface area contributed by atoms with Gasteiger partial charge in [0.25, 0.3) is 5.91 Å². The molecular formula is C18H28N4O. The molecule has 1 aromatic rings.